The summed E-state index contributed by atoms with van der Waals surface area (Å²) < 4.78 is 3.38. The SMILES string of the molecule is Cc1cn2nc(-c3cc(=O)n4cc(N5CCN[C@H](C)C5)sc4n3)cc(C)c2n1. The zero-order valence-corrected chi connectivity index (χ0v) is 16.8. The summed E-state index contributed by atoms with van der Waals surface area (Å²) in [6.45, 7) is 8.89. The summed E-state index contributed by atoms with van der Waals surface area (Å²) in [5.74, 6) is 0. The van der Waals surface area contributed by atoms with Crippen LogP contribution in [-0.4, -0.2) is 49.7 Å². The van der Waals surface area contributed by atoms with Gasteiger partial charge in [0, 0.05) is 37.9 Å². The van der Waals surface area contributed by atoms with Crippen LogP contribution < -0.4 is 15.8 Å². The summed E-state index contributed by atoms with van der Waals surface area (Å²) >= 11 is 1.54. The zero-order chi connectivity index (χ0) is 19.4. The summed E-state index contributed by atoms with van der Waals surface area (Å²) in [5.41, 5.74) is 3.90. The zero-order valence-electron chi connectivity index (χ0n) is 16.0. The normalized spacial score (nSPS) is 17.7. The predicted molar refractivity (Wildman–Crippen MR) is 110 cm³/mol. The van der Waals surface area contributed by atoms with Crippen LogP contribution in [0.25, 0.3) is 22.0 Å². The molecule has 0 bridgehead atoms. The average Bonchev–Trinajstić information content (AvgIpc) is 3.25. The molecule has 5 heterocycles. The molecule has 1 aliphatic rings. The lowest BCUT2D eigenvalue weighted by molar-refractivity contribution is 0.486. The number of imidazole rings is 1. The van der Waals surface area contributed by atoms with E-state index in [1.165, 1.54) is 0 Å². The van der Waals surface area contributed by atoms with Crippen LogP contribution in [0, 0.1) is 13.8 Å². The van der Waals surface area contributed by atoms with Gasteiger partial charge in [-0.3, -0.25) is 9.20 Å². The second-order valence-corrected chi connectivity index (χ2v) is 8.35. The molecule has 1 atom stereocenters. The van der Waals surface area contributed by atoms with E-state index in [0.717, 1.165) is 41.5 Å². The van der Waals surface area contributed by atoms with Crippen molar-refractivity contribution in [2.75, 3.05) is 24.5 Å². The molecule has 9 heteroatoms. The van der Waals surface area contributed by atoms with Gasteiger partial charge < -0.3 is 10.2 Å². The molecule has 0 spiro atoms. The van der Waals surface area contributed by atoms with Crippen LogP contribution >= 0.6 is 11.3 Å². The fourth-order valence-corrected chi connectivity index (χ4v) is 4.70. The largest absolute Gasteiger partial charge is 0.359 e. The maximum absolute atomic E-state index is 12.7. The highest BCUT2D eigenvalue weighted by Crippen LogP contribution is 2.27. The van der Waals surface area contributed by atoms with Crippen LogP contribution in [0.2, 0.25) is 0 Å². The Labute approximate surface area is 165 Å². The summed E-state index contributed by atoms with van der Waals surface area (Å²) in [5, 5.41) is 9.12. The van der Waals surface area contributed by atoms with Crippen LogP contribution in [0.4, 0.5) is 5.00 Å². The molecular weight excluding hydrogens is 374 g/mol. The molecule has 28 heavy (non-hydrogen) atoms. The lowest BCUT2D eigenvalue weighted by Gasteiger charge is -2.32. The van der Waals surface area contributed by atoms with Gasteiger partial charge in [-0.2, -0.15) is 5.10 Å². The van der Waals surface area contributed by atoms with Crippen molar-refractivity contribution in [3.63, 3.8) is 0 Å². The average molecular weight is 395 g/mol. The number of aromatic nitrogens is 5. The van der Waals surface area contributed by atoms with Crippen molar-refractivity contribution in [3.8, 4) is 11.4 Å². The van der Waals surface area contributed by atoms with Gasteiger partial charge in [-0.1, -0.05) is 11.3 Å². The molecule has 1 fully saturated rings. The first-order valence-electron chi connectivity index (χ1n) is 9.33. The Hall–Kier alpha value is -2.78. The number of aryl methyl sites for hydroxylation is 2. The van der Waals surface area contributed by atoms with Gasteiger partial charge in [-0.15, -0.1) is 0 Å². The first-order valence-corrected chi connectivity index (χ1v) is 10.2. The lowest BCUT2D eigenvalue weighted by Crippen LogP contribution is -2.49. The van der Waals surface area contributed by atoms with Gasteiger partial charge in [0.1, 0.15) is 10.7 Å². The van der Waals surface area contributed by atoms with Crippen LogP contribution in [0.3, 0.4) is 0 Å². The maximum atomic E-state index is 12.7. The number of hydrogen-bond donors (Lipinski definition) is 1. The Morgan fingerprint density at radius 1 is 1.18 bits per heavy atom. The maximum Gasteiger partial charge on any atom is 0.259 e. The Morgan fingerprint density at radius 3 is 2.86 bits per heavy atom. The van der Waals surface area contributed by atoms with Crippen LogP contribution in [0.5, 0.6) is 0 Å². The van der Waals surface area contributed by atoms with E-state index in [2.05, 4.69) is 27.2 Å². The van der Waals surface area contributed by atoms with Crippen molar-refractivity contribution in [3.05, 3.63) is 46.1 Å². The summed E-state index contributed by atoms with van der Waals surface area (Å²) in [4.78, 5) is 25.0. The van der Waals surface area contributed by atoms with E-state index in [4.69, 9.17) is 4.98 Å². The highest BCUT2D eigenvalue weighted by atomic mass is 32.1. The van der Waals surface area contributed by atoms with E-state index < -0.39 is 0 Å². The second kappa shape index (κ2) is 6.39. The second-order valence-electron chi connectivity index (χ2n) is 7.37. The third kappa shape index (κ3) is 2.87. The lowest BCUT2D eigenvalue weighted by atomic mass is 10.2. The minimum atomic E-state index is -0.0907. The van der Waals surface area contributed by atoms with Crippen LogP contribution in [-0.2, 0) is 0 Å². The first kappa shape index (κ1) is 17.3. The molecule has 5 rings (SSSR count). The number of nitrogens with one attached hydrogen (secondary N) is 1. The Bertz CT molecular complexity index is 1250. The van der Waals surface area contributed by atoms with Gasteiger partial charge in [0.2, 0.25) is 0 Å². The predicted octanol–water partition coefficient (Wildman–Crippen LogP) is 1.88. The molecule has 1 N–H and O–H groups in total. The molecule has 0 radical (unpaired) electrons. The van der Waals surface area contributed by atoms with E-state index >= 15 is 0 Å². The third-order valence-corrected chi connectivity index (χ3v) is 6.07. The molecule has 1 saturated heterocycles. The van der Waals surface area contributed by atoms with Crippen molar-refractivity contribution >= 4 is 26.9 Å². The minimum absolute atomic E-state index is 0.0907. The fraction of sp³-hybridized carbons (Fsp3) is 0.368. The van der Waals surface area contributed by atoms with Crippen molar-refractivity contribution in [1.29, 1.82) is 0 Å². The molecule has 8 nitrogen and oxygen atoms in total. The van der Waals surface area contributed by atoms with Crippen molar-refractivity contribution < 1.29 is 0 Å². The molecule has 4 aromatic heterocycles. The van der Waals surface area contributed by atoms with E-state index in [9.17, 15) is 4.79 Å². The number of fused-ring (bicyclic) bond motifs is 2. The molecule has 1 aliphatic heterocycles. The van der Waals surface area contributed by atoms with E-state index in [1.54, 1.807) is 26.3 Å². The topological polar surface area (TPSA) is 79.8 Å². The minimum Gasteiger partial charge on any atom is -0.359 e. The van der Waals surface area contributed by atoms with Gasteiger partial charge in [0.25, 0.3) is 5.56 Å². The number of hydrogen-bond acceptors (Lipinski definition) is 7. The fourth-order valence-electron chi connectivity index (χ4n) is 3.67. The van der Waals surface area contributed by atoms with E-state index in [0.29, 0.717) is 22.4 Å². The van der Waals surface area contributed by atoms with Gasteiger partial charge in [0.15, 0.2) is 10.6 Å². The molecule has 144 valence electrons. The van der Waals surface area contributed by atoms with Gasteiger partial charge in [0.05, 0.1) is 17.6 Å². The standard InChI is InChI=1S/C19H21N7OS/c1-11-6-15(23-26-9-13(3)21-18(11)26)14-7-16(27)25-10-17(28-19(25)22-14)24-5-4-20-12(2)8-24/h6-7,9-10,12,20H,4-5,8H2,1-3H3/t12-/m1/s1. The molecule has 0 unspecified atom stereocenters. The Kier molecular flexibility index (Phi) is 3.95. The smallest absolute Gasteiger partial charge is 0.259 e. The monoisotopic (exact) mass is 395 g/mol. The van der Waals surface area contributed by atoms with Gasteiger partial charge in [-0.05, 0) is 32.4 Å². The third-order valence-electron chi connectivity index (χ3n) is 5.03. The molecule has 0 aromatic carbocycles. The Balaban J connectivity index is 1.60. The number of rotatable bonds is 2. The van der Waals surface area contributed by atoms with Crippen molar-refractivity contribution in [2.45, 2.75) is 26.8 Å². The van der Waals surface area contributed by atoms with Crippen LogP contribution in [0.1, 0.15) is 18.2 Å². The van der Waals surface area contributed by atoms with Crippen molar-refractivity contribution in [2.24, 2.45) is 0 Å². The van der Waals surface area contributed by atoms with Gasteiger partial charge >= 0.3 is 0 Å². The quantitative estimate of drug-likeness (QED) is 0.558. The van der Waals surface area contributed by atoms with Crippen LogP contribution in [0.15, 0.2) is 29.3 Å². The molecule has 0 amide bonds. The highest BCUT2D eigenvalue weighted by molar-refractivity contribution is 7.20. The molecule has 4 aromatic rings. The van der Waals surface area contributed by atoms with E-state index in [1.807, 2.05) is 32.3 Å². The molecular formula is C19H21N7OS. The van der Waals surface area contributed by atoms with Gasteiger partial charge in [-0.25, -0.2) is 14.5 Å². The summed E-state index contributed by atoms with van der Waals surface area (Å²) in [7, 11) is 0. The highest BCUT2D eigenvalue weighted by Gasteiger charge is 2.19. The van der Waals surface area contributed by atoms with Crippen molar-refractivity contribution in [1.82, 2.24) is 29.3 Å². The number of thiazole rings is 1. The summed E-state index contributed by atoms with van der Waals surface area (Å²) in [6.07, 6.45) is 3.78. The molecule has 0 saturated carbocycles. The molecule has 0 aliphatic carbocycles. The Morgan fingerprint density at radius 2 is 2.04 bits per heavy atom. The summed E-state index contributed by atoms with van der Waals surface area (Å²) in [6, 6.07) is 3.92. The van der Waals surface area contributed by atoms with E-state index in [-0.39, 0.29) is 5.56 Å². The number of piperazine rings is 1. The number of nitrogens with zero attached hydrogens (tertiary/aromatic N) is 6. The first-order chi connectivity index (χ1) is 13.5. The number of anilines is 1.